The zero-order chi connectivity index (χ0) is 18.4. The fourth-order valence-corrected chi connectivity index (χ4v) is 5.40. The molecule has 0 fully saturated rings. The number of thioether (sulfide) groups is 1. The van der Waals surface area contributed by atoms with Crippen LogP contribution in [-0.4, -0.2) is 22.6 Å². The zero-order valence-corrected chi connectivity index (χ0v) is 15.8. The highest BCUT2D eigenvalue weighted by Gasteiger charge is 2.26. The lowest BCUT2D eigenvalue weighted by molar-refractivity contribution is -0.135. The summed E-state index contributed by atoms with van der Waals surface area (Å²) in [4.78, 5) is 19.1. The first-order chi connectivity index (χ1) is 13.2. The number of carboxylic acid groups (broad SMARTS) is 1. The van der Waals surface area contributed by atoms with Crippen molar-refractivity contribution in [2.75, 3.05) is 11.4 Å². The van der Waals surface area contributed by atoms with Crippen LogP contribution in [0.3, 0.4) is 0 Å². The minimum atomic E-state index is -0.853. The monoisotopic (exact) mass is 390 g/mol. The Morgan fingerprint density at radius 1 is 1.07 bits per heavy atom. The predicted octanol–water partition coefficient (Wildman–Crippen LogP) is 5.44. The molecule has 4 aromatic rings. The number of carbonyl (C=O) groups is 1. The second kappa shape index (κ2) is 6.40. The first-order valence-electron chi connectivity index (χ1n) is 8.45. The highest BCUT2D eigenvalue weighted by atomic mass is 32.2. The van der Waals surface area contributed by atoms with Gasteiger partial charge in [0.15, 0.2) is 0 Å². The van der Waals surface area contributed by atoms with Gasteiger partial charge < -0.3 is 10.0 Å². The third kappa shape index (κ3) is 2.87. The topological polar surface area (TPSA) is 53.4 Å². The summed E-state index contributed by atoms with van der Waals surface area (Å²) < 4.78 is 1.13. The molecule has 0 bridgehead atoms. The van der Waals surface area contributed by atoms with E-state index in [2.05, 4.69) is 24.3 Å². The van der Waals surface area contributed by atoms with Gasteiger partial charge in [0.05, 0.1) is 20.9 Å². The molecule has 1 N–H and O–H groups in total. The van der Waals surface area contributed by atoms with Crippen LogP contribution in [-0.2, 0) is 4.79 Å². The molecule has 0 spiro atoms. The number of para-hydroxylation sites is 1. The molecule has 0 saturated heterocycles. The Kier molecular flexibility index (Phi) is 3.88. The molecule has 132 valence electrons. The fraction of sp³-hybridized carbons (Fsp3) is 0.0476. The Morgan fingerprint density at radius 2 is 1.89 bits per heavy atom. The predicted molar refractivity (Wildman–Crippen MR) is 112 cm³/mol. The number of hydrogen-bond acceptors (Lipinski definition) is 5. The summed E-state index contributed by atoms with van der Waals surface area (Å²) in [5, 5.41) is 13.4. The van der Waals surface area contributed by atoms with Crippen LogP contribution in [0.15, 0.2) is 70.6 Å². The molecular weight excluding hydrogens is 376 g/mol. The number of aliphatic carboxylic acids is 1. The summed E-state index contributed by atoms with van der Waals surface area (Å²) in [6.07, 6.45) is 1.99. The van der Waals surface area contributed by atoms with E-state index in [9.17, 15) is 9.90 Å². The number of anilines is 1. The molecule has 0 atom stereocenters. The number of aromatic nitrogens is 1. The molecule has 2 heterocycles. The Labute approximate surface area is 163 Å². The van der Waals surface area contributed by atoms with E-state index in [1.165, 1.54) is 5.39 Å². The fourth-order valence-electron chi connectivity index (χ4n) is 3.30. The van der Waals surface area contributed by atoms with Crippen LogP contribution in [0.4, 0.5) is 5.69 Å². The van der Waals surface area contributed by atoms with Gasteiger partial charge in [0.25, 0.3) is 0 Å². The maximum atomic E-state index is 11.4. The van der Waals surface area contributed by atoms with Crippen LogP contribution in [0.2, 0.25) is 0 Å². The molecule has 27 heavy (non-hydrogen) atoms. The SMILES string of the molecule is O=C(O)CN1/C(=C/c2nc3c(ccc4ccccc43)s2)Sc2ccccc21. The molecule has 4 nitrogen and oxygen atoms in total. The highest BCUT2D eigenvalue weighted by molar-refractivity contribution is 8.03. The van der Waals surface area contributed by atoms with Gasteiger partial charge in [0.1, 0.15) is 11.6 Å². The van der Waals surface area contributed by atoms with Crippen LogP contribution in [0.1, 0.15) is 5.01 Å². The van der Waals surface area contributed by atoms with Crippen LogP contribution < -0.4 is 4.90 Å². The molecule has 3 aromatic carbocycles. The summed E-state index contributed by atoms with van der Waals surface area (Å²) in [5.41, 5.74) is 1.93. The minimum absolute atomic E-state index is 0.0658. The van der Waals surface area contributed by atoms with Gasteiger partial charge >= 0.3 is 5.97 Å². The second-order valence-electron chi connectivity index (χ2n) is 6.22. The standard InChI is InChI=1S/C21H14N2O2S2/c24-20(25)12-23-15-7-3-4-8-16(15)27-19(23)11-18-22-21-14-6-2-1-5-13(14)9-10-17(21)26-18/h1-11H,12H2,(H,24,25)/b19-11-. The van der Waals surface area contributed by atoms with Crippen molar-refractivity contribution in [3.05, 3.63) is 70.7 Å². The van der Waals surface area contributed by atoms with E-state index in [-0.39, 0.29) is 6.54 Å². The lowest BCUT2D eigenvalue weighted by atomic mass is 10.1. The number of carboxylic acids is 1. The number of benzene rings is 3. The maximum absolute atomic E-state index is 11.4. The minimum Gasteiger partial charge on any atom is -0.480 e. The number of fused-ring (bicyclic) bond motifs is 4. The van der Waals surface area contributed by atoms with Crippen LogP contribution in [0, 0.1) is 0 Å². The average molecular weight is 390 g/mol. The molecule has 0 amide bonds. The van der Waals surface area contributed by atoms with Gasteiger partial charge in [-0.25, -0.2) is 4.98 Å². The smallest absolute Gasteiger partial charge is 0.323 e. The molecule has 0 radical (unpaired) electrons. The van der Waals surface area contributed by atoms with Crippen molar-refractivity contribution in [1.82, 2.24) is 4.98 Å². The van der Waals surface area contributed by atoms with Gasteiger partial charge in [-0.05, 0) is 23.6 Å². The van der Waals surface area contributed by atoms with Gasteiger partial charge in [0, 0.05) is 16.4 Å². The highest BCUT2D eigenvalue weighted by Crippen LogP contribution is 2.46. The first-order valence-corrected chi connectivity index (χ1v) is 10.1. The van der Waals surface area contributed by atoms with Crippen molar-refractivity contribution in [3.8, 4) is 0 Å². The quantitative estimate of drug-likeness (QED) is 0.504. The Balaban J connectivity index is 1.61. The molecule has 6 heteroatoms. The van der Waals surface area contributed by atoms with E-state index >= 15 is 0 Å². The Hall–Kier alpha value is -2.83. The zero-order valence-electron chi connectivity index (χ0n) is 14.1. The first kappa shape index (κ1) is 16.4. The lowest BCUT2D eigenvalue weighted by Gasteiger charge is -2.17. The van der Waals surface area contributed by atoms with Crippen LogP contribution >= 0.6 is 23.1 Å². The number of hydrogen-bond donors (Lipinski definition) is 1. The molecule has 0 unspecified atom stereocenters. The summed E-state index contributed by atoms with van der Waals surface area (Å²) in [6, 6.07) is 20.3. The molecule has 1 aliphatic rings. The largest absolute Gasteiger partial charge is 0.480 e. The van der Waals surface area contributed by atoms with Gasteiger partial charge in [-0.2, -0.15) is 0 Å². The molecule has 1 aromatic heterocycles. The van der Waals surface area contributed by atoms with E-state index < -0.39 is 5.97 Å². The second-order valence-corrected chi connectivity index (χ2v) is 8.34. The Morgan fingerprint density at radius 3 is 2.78 bits per heavy atom. The number of thiazole rings is 1. The molecule has 5 rings (SSSR count). The van der Waals surface area contributed by atoms with E-state index in [1.807, 2.05) is 47.4 Å². The number of nitrogens with zero attached hydrogens (tertiary/aromatic N) is 2. The third-order valence-corrected chi connectivity index (χ3v) is 6.56. The summed E-state index contributed by atoms with van der Waals surface area (Å²) in [7, 11) is 0. The summed E-state index contributed by atoms with van der Waals surface area (Å²) >= 11 is 3.21. The molecule has 1 aliphatic heterocycles. The molecular formula is C21H14N2O2S2. The van der Waals surface area contributed by atoms with Crippen LogP contribution in [0.25, 0.3) is 27.1 Å². The van der Waals surface area contributed by atoms with Gasteiger partial charge in [-0.3, -0.25) is 4.79 Å². The van der Waals surface area contributed by atoms with E-state index in [4.69, 9.17) is 4.98 Å². The van der Waals surface area contributed by atoms with Crippen molar-refractivity contribution in [2.24, 2.45) is 0 Å². The van der Waals surface area contributed by atoms with Crippen LogP contribution in [0.5, 0.6) is 0 Å². The van der Waals surface area contributed by atoms with E-state index in [0.717, 1.165) is 36.2 Å². The summed E-state index contributed by atoms with van der Waals surface area (Å²) in [5.74, 6) is -0.853. The van der Waals surface area contributed by atoms with E-state index in [1.54, 1.807) is 23.1 Å². The number of rotatable bonds is 3. The van der Waals surface area contributed by atoms with Crippen molar-refractivity contribution in [2.45, 2.75) is 4.90 Å². The Bertz CT molecular complexity index is 1230. The summed E-state index contributed by atoms with van der Waals surface area (Å²) in [6.45, 7) is -0.0658. The molecule has 0 saturated carbocycles. The maximum Gasteiger partial charge on any atom is 0.323 e. The average Bonchev–Trinajstić information content (AvgIpc) is 3.23. The van der Waals surface area contributed by atoms with Gasteiger partial charge in [0.2, 0.25) is 0 Å². The lowest BCUT2D eigenvalue weighted by Crippen LogP contribution is -2.25. The normalized spacial score (nSPS) is 15.0. The van der Waals surface area contributed by atoms with Crippen molar-refractivity contribution in [3.63, 3.8) is 0 Å². The van der Waals surface area contributed by atoms with E-state index in [0.29, 0.717) is 0 Å². The van der Waals surface area contributed by atoms with Crippen molar-refractivity contribution >= 4 is 61.8 Å². The molecule has 0 aliphatic carbocycles. The third-order valence-electron chi connectivity index (χ3n) is 4.48. The van der Waals surface area contributed by atoms with Gasteiger partial charge in [-0.1, -0.05) is 54.2 Å². The van der Waals surface area contributed by atoms with Crippen molar-refractivity contribution in [1.29, 1.82) is 0 Å². The van der Waals surface area contributed by atoms with Crippen molar-refractivity contribution < 1.29 is 9.90 Å². The van der Waals surface area contributed by atoms with Gasteiger partial charge in [-0.15, -0.1) is 11.3 Å².